The molecule has 5 heteroatoms. The number of rotatable bonds is 2. The van der Waals surface area contributed by atoms with Crippen molar-refractivity contribution in [2.45, 2.75) is 6.10 Å². The van der Waals surface area contributed by atoms with Crippen LogP contribution in [0.2, 0.25) is 0 Å². The zero-order chi connectivity index (χ0) is 9.14. The Hall–Kier alpha value is -1.71. The lowest BCUT2D eigenvalue weighted by Crippen LogP contribution is -2.16. The molecule has 0 saturated heterocycles. The summed E-state index contributed by atoms with van der Waals surface area (Å²) in [4.78, 5) is 19.7. The van der Waals surface area contributed by atoms with Gasteiger partial charge in [-0.25, -0.2) is 0 Å². The van der Waals surface area contributed by atoms with Gasteiger partial charge in [0.1, 0.15) is 0 Å². The van der Waals surface area contributed by atoms with E-state index in [1.54, 1.807) is 0 Å². The monoisotopic (exact) mass is 167 g/mol. The largest absolute Gasteiger partial charge is 0.377 e. The van der Waals surface area contributed by atoms with Crippen LogP contribution in [0, 0.1) is 10.1 Å². The van der Waals surface area contributed by atoms with Crippen molar-refractivity contribution in [1.29, 1.82) is 0 Å². The molecule has 1 unspecified atom stereocenters. The lowest BCUT2D eigenvalue weighted by molar-refractivity contribution is -0.434. The van der Waals surface area contributed by atoms with Gasteiger partial charge in [-0.2, -0.15) is 0 Å². The summed E-state index contributed by atoms with van der Waals surface area (Å²) in [5.74, 6) is 0. The SMILES string of the molecule is O=CC1=C=CC(O)C([N+](=O)[O-])=C1. The van der Waals surface area contributed by atoms with Gasteiger partial charge >= 0.3 is 0 Å². The van der Waals surface area contributed by atoms with Crippen molar-refractivity contribution in [3.8, 4) is 0 Å². The van der Waals surface area contributed by atoms with Gasteiger partial charge in [0.15, 0.2) is 12.4 Å². The van der Waals surface area contributed by atoms with Gasteiger partial charge in [-0.05, 0) is 6.08 Å². The third-order valence-corrected chi connectivity index (χ3v) is 1.35. The second kappa shape index (κ2) is 3.13. The molecule has 0 bridgehead atoms. The number of hydrogen-bond donors (Lipinski definition) is 1. The van der Waals surface area contributed by atoms with Crippen LogP contribution in [0.3, 0.4) is 0 Å². The molecule has 0 radical (unpaired) electrons. The van der Waals surface area contributed by atoms with E-state index in [-0.39, 0.29) is 5.57 Å². The smallest absolute Gasteiger partial charge is 0.280 e. The zero-order valence-corrected chi connectivity index (χ0v) is 5.93. The molecule has 0 aromatic carbocycles. The van der Waals surface area contributed by atoms with Crippen LogP contribution in [0.4, 0.5) is 0 Å². The van der Waals surface area contributed by atoms with E-state index in [0.717, 1.165) is 12.2 Å². The molecule has 0 aromatic rings. The summed E-state index contributed by atoms with van der Waals surface area (Å²) >= 11 is 0. The maximum Gasteiger partial charge on any atom is 0.280 e. The highest BCUT2D eigenvalue weighted by Crippen LogP contribution is 2.11. The summed E-state index contributed by atoms with van der Waals surface area (Å²) < 4.78 is 0. The van der Waals surface area contributed by atoms with Crippen LogP contribution in [0.5, 0.6) is 0 Å². The number of nitrogens with zero attached hydrogens (tertiary/aromatic N) is 1. The van der Waals surface area contributed by atoms with E-state index in [1.165, 1.54) is 0 Å². The second-order valence-corrected chi connectivity index (χ2v) is 2.16. The molecule has 12 heavy (non-hydrogen) atoms. The lowest BCUT2D eigenvalue weighted by Gasteiger charge is -2.03. The minimum absolute atomic E-state index is 0.0620. The van der Waals surface area contributed by atoms with E-state index in [1.807, 2.05) is 0 Å². The standard InChI is InChI=1S/C7H5NO4/c9-4-5-1-2-7(10)6(3-5)8(11)12/h2-4,7,10H. The molecule has 1 aliphatic rings. The third-order valence-electron chi connectivity index (χ3n) is 1.35. The van der Waals surface area contributed by atoms with E-state index in [4.69, 9.17) is 5.11 Å². The van der Waals surface area contributed by atoms with Gasteiger partial charge in [-0.1, -0.05) is 0 Å². The number of carbonyl (C=O) groups is 1. The van der Waals surface area contributed by atoms with Crippen molar-refractivity contribution in [1.82, 2.24) is 0 Å². The Kier molecular flexibility index (Phi) is 2.19. The van der Waals surface area contributed by atoms with Crippen LogP contribution in [-0.4, -0.2) is 22.4 Å². The predicted molar refractivity (Wildman–Crippen MR) is 38.7 cm³/mol. The zero-order valence-electron chi connectivity index (χ0n) is 5.93. The van der Waals surface area contributed by atoms with E-state index in [2.05, 4.69) is 5.73 Å². The molecule has 0 spiro atoms. The molecular formula is C7H5NO4. The minimum Gasteiger partial charge on any atom is -0.377 e. The molecule has 1 N–H and O–H groups in total. The normalized spacial score (nSPS) is 21.2. The highest BCUT2D eigenvalue weighted by atomic mass is 16.6. The maximum absolute atomic E-state index is 10.2. The molecule has 1 aliphatic carbocycles. The highest BCUT2D eigenvalue weighted by molar-refractivity contribution is 5.77. The van der Waals surface area contributed by atoms with Gasteiger partial charge in [0.25, 0.3) is 5.70 Å². The van der Waals surface area contributed by atoms with Crippen LogP contribution >= 0.6 is 0 Å². The molecule has 0 saturated carbocycles. The molecule has 0 aliphatic heterocycles. The molecule has 0 fully saturated rings. The fourth-order valence-corrected chi connectivity index (χ4v) is 0.776. The van der Waals surface area contributed by atoms with E-state index >= 15 is 0 Å². The molecule has 0 amide bonds. The Balaban J connectivity index is 3.08. The highest BCUT2D eigenvalue weighted by Gasteiger charge is 2.22. The van der Waals surface area contributed by atoms with Gasteiger partial charge in [0.05, 0.1) is 10.5 Å². The maximum atomic E-state index is 10.2. The van der Waals surface area contributed by atoms with Gasteiger partial charge in [-0.3, -0.25) is 14.9 Å². The van der Waals surface area contributed by atoms with Crippen molar-refractivity contribution in [2.24, 2.45) is 0 Å². The molecule has 5 nitrogen and oxygen atoms in total. The van der Waals surface area contributed by atoms with Crippen molar-refractivity contribution in [3.63, 3.8) is 0 Å². The van der Waals surface area contributed by atoms with E-state index in [0.29, 0.717) is 6.29 Å². The van der Waals surface area contributed by atoms with Crippen LogP contribution in [-0.2, 0) is 4.79 Å². The number of hydrogen-bond acceptors (Lipinski definition) is 4. The summed E-state index contributed by atoms with van der Waals surface area (Å²) in [6.07, 6.45) is 1.23. The number of allylic oxidation sites excluding steroid dienone is 1. The Labute approximate surface area is 67.5 Å². The van der Waals surface area contributed by atoms with Gasteiger partial charge in [0.2, 0.25) is 0 Å². The number of nitro groups is 1. The molecule has 0 aromatic heterocycles. The first-order chi connectivity index (χ1) is 5.65. The summed E-state index contributed by atoms with van der Waals surface area (Å²) in [5, 5.41) is 19.2. The van der Waals surface area contributed by atoms with Crippen LogP contribution in [0.1, 0.15) is 0 Å². The van der Waals surface area contributed by atoms with Crippen molar-refractivity contribution >= 4 is 6.29 Å². The van der Waals surface area contributed by atoms with Crippen LogP contribution < -0.4 is 0 Å². The van der Waals surface area contributed by atoms with Crippen LogP contribution in [0.15, 0.2) is 29.2 Å². The topological polar surface area (TPSA) is 80.4 Å². The first-order valence-electron chi connectivity index (χ1n) is 3.11. The van der Waals surface area contributed by atoms with Gasteiger partial charge < -0.3 is 5.11 Å². The van der Waals surface area contributed by atoms with Crippen molar-refractivity contribution < 1.29 is 14.8 Å². The second-order valence-electron chi connectivity index (χ2n) is 2.16. The fourth-order valence-electron chi connectivity index (χ4n) is 0.776. The molecule has 1 atom stereocenters. The third kappa shape index (κ3) is 1.47. The Morgan fingerprint density at radius 2 is 2.42 bits per heavy atom. The Bertz CT molecular complexity index is 322. The summed E-state index contributed by atoms with van der Waals surface area (Å²) in [6.45, 7) is 0. The minimum atomic E-state index is -1.27. The first-order valence-corrected chi connectivity index (χ1v) is 3.11. The molecule has 62 valence electrons. The summed E-state index contributed by atoms with van der Waals surface area (Å²) in [7, 11) is 0. The quantitative estimate of drug-likeness (QED) is 0.267. The van der Waals surface area contributed by atoms with Crippen molar-refractivity contribution in [2.75, 3.05) is 0 Å². The van der Waals surface area contributed by atoms with E-state index < -0.39 is 16.7 Å². The average molecular weight is 167 g/mol. The summed E-state index contributed by atoms with van der Waals surface area (Å²) in [5.41, 5.74) is 2.05. The number of carbonyl (C=O) groups excluding carboxylic acids is 1. The lowest BCUT2D eigenvalue weighted by atomic mass is 10.1. The number of aliphatic hydroxyl groups is 1. The summed E-state index contributed by atoms with van der Waals surface area (Å²) in [6, 6.07) is 0. The first kappa shape index (κ1) is 8.39. The van der Waals surface area contributed by atoms with Crippen molar-refractivity contribution in [3.05, 3.63) is 39.3 Å². The molecular weight excluding hydrogens is 162 g/mol. The molecule has 1 rings (SSSR count). The van der Waals surface area contributed by atoms with Gasteiger partial charge in [0, 0.05) is 6.08 Å². The fraction of sp³-hybridized carbons (Fsp3) is 0.143. The Morgan fingerprint density at radius 3 is 2.92 bits per heavy atom. The number of aliphatic hydroxyl groups excluding tert-OH is 1. The average Bonchev–Trinajstić information content (AvgIpc) is 2.05. The Morgan fingerprint density at radius 1 is 1.75 bits per heavy atom. The predicted octanol–water partition coefficient (Wildman–Crippen LogP) is -0.198. The molecule has 0 heterocycles. The number of aldehydes is 1. The van der Waals surface area contributed by atoms with Crippen LogP contribution in [0.25, 0.3) is 0 Å². The van der Waals surface area contributed by atoms with E-state index in [9.17, 15) is 14.9 Å². The van der Waals surface area contributed by atoms with Gasteiger partial charge in [-0.15, -0.1) is 5.73 Å².